The fourth-order valence-corrected chi connectivity index (χ4v) is 4.83. The first-order chi connectivity index (χ1) is 16.6. The number of amides is 2. The number of rotatable bonds is 13. The van der Waals surface area contributed by atoms with Gasteiger partial charge >= 0.3 is 0 Å². The maximum absolute atomic E-state index is 13.0. The van der Waals surface area contributed by atoms with E-state index in [4.69, 9.17) is 9.47 Å². The molecule has 0 saturated carbocycles. The summed E-state index contributed by atoms with van der Waals surface area (Å²) in [6.07, 6.45) is 0.664. The zero-order chi connectivity index (χ0) is 24.2. The Morgan fingerprint density at radius 2 is 1.85 bits per heavy atom. The molecule has 0 aromatic heterocycles. The van der Waals surface area contributed by atoms with Crippen LogP contribution in [-0.4, -0.2) is 79.7 Å². The van der Waals surface area contributed by atoms with E-state index in [2.05, 4.69) is 5.32 Å². The minimum Gasteiger partial charge on any atom is -0.489 e. The van der Waals surface area contributed by atoms with Crippen LogP contribution in [0.1, 0.15) is 17.5 Å². The van der Waals surface area contributed by atoms with Crippen molar-refractivity contribution in [2.45, 2.75) is 25.5 Å². The summed E-state index contributed by atoms with van der Waals surface area (Å²) in [4.78, 5) is 29.2. The zero-order valence-corrected chi connectivity index (χ0v) is 20.9. The fraction of sp³-hybridized carbons (Fsp3) is 0.462. The van der Waals surface area contributed by atoms with Gasteiger partial charge in [-0.1, -0.05) is 42.5 Å². The number of likely N-dealkylation sites (N-methyl/N-ethyl adjacent to an activating group) is 2. The van der Waals surface area contributed by atoms with Gasteiger partial charge in [-0.25, -0.2) is 0 Å². The van der Waals surface area contributed by atoms with Crippen LogP contribution in [0.5, 0.6) is 5.75 Å². The molecule has 1 saturated heterocycles. The summed E-state index contributed by atoms with van der Waals surface area (Å²) in [6, 6.07) is 17.6. The van der Waals surface area contributed by atoms with Crippen molar-refractivity contribution in [1.82, 2.24) is 15.1 Å². The van der Waals surface area contributed by atoms with Crippen LogP contribution in [0.4, 0.5) is 0 Å². The highest BCUT2D eigenvalue weighted by atomic mass is 32.2. The number of thioether (sulfide) groups is 1. The van der Waals surface area contributed by atoms with Crippen molar-refractivity contribution in [2.75, 3.05) is 52.0 Å². The lowest BCUT2D eigenvalue weighted by Gasteiger charge is -2.26. The van der Waals surface area contributed by atoms with E-state index in [1.165, 1.54) is 0 Å². The predicted molar refractivity (Wildman–Crippen MR) is 136 cm³/mol. The molecule has 0 radical (unpaired) electrons. The maximum atomic E-state index is 13.0. The molecule has 1 unspecified atom stereocenters. The normalized spacial score (nSPS) is 15.4. The molecule has 1 fully saturated rings. The summed E-state index contributed by atoms with van der Waals surface area (Å²) in [5.74, 6) is 2.29. The van der Waals surface area contributed by atoms with Gasteiger partial charge in [0, 0.05) is 32.3 Å². The summed E-state index contributed by atoms with van der Waals surface area (Å²) in [5.41, 5.74) is 2.05. The predicted octanol–water partition coefficient (Wildman–Crippen LogP) is 2.79. The van der Waals surface area contributed by atoms with Crippen LogP contribution >= 0.6 is 11.8 Å². The van der Waals surface area contributed by atoms with Crippen molar-refractivity contribution in [3.05, 3.63) is 65.7 Å². The molecule has 34 heavy (non-hydrogen) atoms. The Bertz CT molecular complexity index is 895. The second kappa shape index (κ2) is 14.0. The highest BCUT2D eigenvalue weighted by Crippen LogP contribution is 2.25. The maximum Gasteiger partial charge on any atom is 0.227 e. The van der Waals surface area contributed by atoms with Gasteiger partial charge in [0.05, 0.1) is 31.6 Å². The highest BCUT2D eigenvalue weighted by molar-refractivity contribution is 7.99. The Hall–Kier alpha value is -2.55. The molecule has 1 aliphatic heterocycles. The standard InChI is InChI=1S/C26H35N3O4S/c1-27-12-14-32-15-13-28(2)25(30)17-23-19-34-20-29(23)26(31)16-21-8-10-24(11-9-21)33-18-22-6-4-3-5-7-22/h3-11,23,27H,12-20H2,1-2H3. The summed E-state index contributed by atoms with van der Waals surface area (Å²) in [6.45, 7) is 2.99. The van der Waals surface area contributed by atoms with Gasteiger partial charge in [0.25, 0.3) is 0 Å². The molecule has 8 heteroatoms. The van der Waals surface area contributed by atoms with Gasteiger partial charge in [-0.2, -0.15) is 0 Å². The summed E-state index contributed by atoms with van der Waals surface area (Å²) >= 11 is 1.70. The molecule has 1 aliphatic rings. The van der Waals surface area contributed by atoms with Gasteiger partial charge < -0.3 is 24.6 Å². The topological polar surface area (TPSA) is 71.1 Å². The van der Waals surface area contributed by atoms with Gasteiger partial charge in [-0.3, -0.25) is 9.59 Å². The fourth-order valence-electron chi connectivity index (χ4n) is 3.61. The van der Waals surface area contributed by atoms with Crippen LogP contribution in [0, 0.1) is 0 Å². The molecule has 1 heterocycles. The van der Waals surface area contributed by atoms with Gasteiger partial charge in [0.15, 0.2) is 0 Å². The smallest absolute Gasteiger partial charge is 0.227 e. The lowest BCUT2D eigenvalue weighted by Crippen LogP contribution is -2.41. The largest absolute Gasteiger partial charge is 0.489 e. The van der Waals surface area contributed by atoms with E-state index in [-0.39, 0.29) is 17.9 Å². The van der Waals surface area contributed by atoms with Crippen LogP contribution in [0.2, 0.25) is 0 Å². The van der Waals surface area contributed by atoms with Crippen LogP contribution in [0.25, 0.3) is 0 Å². The van der Waals surface area contributed by atoms with Crippen LogP contribution in [0.3, 0.4) is 0 Å². The molecule has 2 aromatic carbocycles. The third-order valence-corrected chi connectivity index (χ3v) is 6.81. The number of hydrogen-bond acceptors (Lipinski definition) is 6. The van der Waals surface area contributed by atoms with Gasteiger partial charge in [0.2, 0.25) is 11.8 Å². The van der Waals surface area contributed by atoms with E-state index >= 15 is 0 Å². The molecule has 0 spiro atoms. The van der Waals surface area contributed by atoms with Crippen LogP contribution < -0.4 is 10.1 Å². The Labute approximate surface area is 206 Å². The average Bonchev–Trinajstić information content (AvgIpc) is 3.32. The van der Waals surface area contributed by atoms with Crippen LogP contribution in [0.15, 0.2) is 54.6 Å². The number of hydrogen-bond donors (Lipinski definition) is 1. The van der Waals surface area contributed by atoms with Crippen molar-refractivity contribution in [2.24, 2.45) is 0 Å². The average molecular weight is 486 g/mol. The molecule has 3 rings (SSSR count). The molecule has 0 aliphatic carbocycles. The Morgan fingerprint density at radius 3 is 2.59 bits per heavy atom. The van der Waals surface area contributed by atoms with Gasteiger partial charge in [0.1, 0.15) is 12.4 Å². The highest BCUT2D eigenvalue weighted by Gasteiger charge is 2.31. The molecule has 7 nitrogen and oxygen atoms in total. The Kier molecular flexibility index (Phi) is 10.7. The molecule has 2 amide bonds. The third-order valence-electron chi connectivity index (χ3n) is 5.73. The lowest BCUT2D eigenvalue weighted by molar-refractivity contribution is -0.135. The zero-order valence-electron chi connectivity index (χ0n) is 20.1. The molecular weight excluding hydrogens is 450 g/mol. The third kappa shape index (κ3) is 8.34. The number of benzene rings is 2. The van der Waals surface area contributed by atoms with Crippen molar-refractivity contribution in [1.29, 1.82) is 0 Å². The monoisotopic (exact) mass is 485 g/mol. The van der Waals surface area contributed by atoms with Crippen molar-refractivity contribution >= 4 is 23.6 Å². The number of nitrogens with one attached hydrogen (secondary N) is 1. The van der Waals surface area contributed by atoms with Gasteiger partial charge in [-0.15, -0.1) is 11.8 Å². The van der Waals surface area contributed by atoms with Crippen LogP contribution in [-0.2, 0) is 27.4 Å². The quantitative estimate of drug-likeness (QED) is 0.440. The van der Waals surface area contributed by atoms with E-state index in [1.807, 2.05) is 66.5 Å². The molecule has 2 aromatic rings. The number of carbonyl (C=O) groups excluding carboxylic acids is 2. The van der Waals surface area contributed by atoms with E-state index in [1.54, 1.807) is 23.7 Å². The second-order valence-corrected chi connectivity index (χ2v) is 9.35. The first-order valence-electron chi connectivity index (χ1n) is 11.7. The SMILES string of the molecule is CNCCOCCN(C)C(=O)CC1CSCN1C(=O)Cc1ccc(OCc2ccccc2)cc1. The Morgan fingerprint density at radius 1 is 1.09 bits per heavy atom. The van der Waals surface area contributed by atoms with Crippen molar-refractivity contribution in [3.63, 3.8) is 0 Å². The van der Waals surface area contributed by atoms with E-state index in [9.17, 15) is 9.59 Å². The van der Waals surface area contributed by atoms with Crippen molar-refractivity contribution < 1.29 is 19.1 Å². The Balaban J connectivity index is 1.44. The summed E-state index contributed by atoms with van der Waals surface area (Å²) in [7, 11) is 3.67. The molecular formula is C26H35N3O4S. The second-order valence-electron chi connectivity index (χ2n) is 8.35. The number of carbonyl (C=O) groups is 2. The molecule has 0 bridgehead atoms. The van der Waals surface area contributed by atoms with Gasteiger partial charge in [-0.05, 0) is 30.3 Å². The number of ether oxygens (including phenoxy) is 2. The summed E-state index contributed by atoms with van der Waals surface area (Å²) < 4.78 is 11.3. The first kappa shape index (κ1) is 26.1. The first-order valence-corrected chi connectivity index (χ1v) is 12.8. The van der Waals surface area contributed by atoms with E-state index < -0.39 is 0 Å². The molecule has 1 atom stereocenters. The minimum atomic E-state index is -0.0638. The summed E-state index contributed by atoms with van der Waals surface area (Å²) in [5, 5.41) is 3.02. The molecule has 184 valence electrons. The lowest BCUT2D eigenvalue weighted by atomic mass is 10.1. The number of nitrogens with zero attached hydrogens (tertiary/aromatic N) is 2. The minimum absolute atomic E-state index is 0.0439. The van der Waals surface area contributed by atoms with E-state index in [0.29, 0.717) is 45.1 Å². The van der Waals surface area contributed by atoms with E-state index in [0.717, 1.165) is 29.2 Å². The molecule has 1 N–H and O–H groups in total. The van der Waals surface area contributed by atoms with Crippen molar-refractivity contribution in [3.8, 4) is 5.75 Å².